The van der Waals surface area contributed by atoms with E-state index >= 15 is 0 Å². The van der Waals surface area contributed by atoms with Gasteiger partial charge in [0.15, 0.2) is 0 Å². The fourth-order valence-electron chi connectivity index (χ4n) is 11.2. The van der Waals surface area contributed by atoms with Crippen LogP contribution in [-0.2, 0) is 42.9 Å². The van der Waals surface area contributed by atoms with Gasteiger partial charge in [-0.1, -0.05) is 58.4 Å². The molecule has 2 aliphatic heterocycles. The van der Waals surface area contributed by atoms with E-state index < -0.39 is 52.3 Å². The van der Waals surface area contributed by atoms with E-state index in [1.54, 1.807) is 6.92 Å². The summed E-state index contributed by atoms with van der Waals surface area (Å²) in [6.07, 6.45) is 5.75. The molecule has 9 nitrogen and oxygen atoms in total. The van der Waals surface area contributed by atoms with Crippen molar-refractivity contribution in [2.45, 2.75) is 142 Å². The maximum Gasteiger partial charge on any atom is 0.318 e. The van der Waals surface area contributed by atoms with E-state index in [-0.39, 0.29) is 104 Å². The van der Waals surface area contributed by atoms with E-state index in [9.17, 15) is 24.0 Å². The van der Waals surface area contributed by atoms with Gasteiger partial charge in [-0.15, -0.1) is 0 Å². The highest BCUT2D eigenvalue weighted by Crippen LogP contribution is 2.65. The molecular formula is C39H68O9. The van der Waals surface area contributed by atoms with Crippen LogP contribution in [-0.4, -0.2) is 47.7 Å². The molecule has 0 aromatic carbocycles. The van der Waals surface area contributed by atoms with Crippen molar-refractivity contribution in [1.29, 1.82) is 0 Å². The third-order valence-corrected chi connectivity index (χ3v) is 12.4. The molecule has 2 saturated heterocycles. The molecule has 0 amide bonds. The quantitative estimate of drug-likeness (QED) is 0.156. The van der Waals surface area contributed by atoms with Crippen molar-refractivity contribution in [3.63, 3.8) is 0 Å². The second-order valence-corrected chi connectivity index (χ2v) is 16.2. The first-order chi connectivity index (χ1) is 19.7. The molecule has 6 saturated carbocycles. The van der Waals surface area contributed by atoms with E-state index in [1.807, 2.05) is 20.8 Å². The lowest BCUT2D eigenvalue weighted by atomic mass is 9.48. The van der Waals surface area contributed by atoms with Crippen LogP contribution in [0.3, 0.4) is 0 Å². The zero-order valence-electron chi connectivity index (χ0n) is 25.4. The third-order valence-electron chi connectivity index (χ3n) is 12.4. The van der Waals surface area contributed by atoms with Crippen LogP contribution in [0, 0.1) is 70.5 Å². The number of ether oxygens (including phenoxy) is 4. The normalized spacial score (nSPS) is 41.4. The van der Waals surface area contributed by atoms with Gasteiger partial charge in [0.25, 0.3) is 0 Å². The van der Waals surface area contributed by atoms with Gasteiger partial charge in [-0.3, -0.25) is 24.0 Å². The summed E-state index contributed by atoms with van der Waals surface area (Å²) in [6, 6.07) is 0. The lowest BCUT2D eigenvalue weighted by molar-refractivity contribution is -0.221. The van der Waals surface area contributed by atoms with Crippen molar-refractivity contribution in [3.8, 4) is 0 Å². The Morgan fingerprint density at radius 3 is 1.98 bits per heavy atom. The molecule has 0 spiro atoms. The lowest BCUT2D eigenvalue weighted by Crippen LogP contribution is -2.61. The highest BCUT2D eigenvalue weighted by atomic mass is 16.6. The van der Waals surface area contributed by atoms with E-state index in [0.29, 0.717) is 32.3 Å². The zero-order valence-corrected chi connectivity index (χ0v) is 25.4. The number of carbonyl (C=O) groups is 5. The summed E-state index contributed by atoms with van der Waals surface area (Å²) in [5.74, 6) is -3.09. The number of rotatable bonds is 6. The highest BCUT2D eigenvalue weighted by Gasteiger charge is 2.65. The molecule has 6 bridgehead atoms. The third kappa shape index (κ3) is 6.69. The van der Waals surface area contributed by atoms with Crippen LogP contribution >= 0.6 is 0 Å². The standard InChI is InChI=1S/C33H44O9.6CH4/c1-15-19(21-8-20(15)25-23(21)13-39-28(25)36)7-22(24-16(2)26(34)40-29(24)37)27(35)41-33-11-17-6-18(12-33)10-32(9-17,14-33)30(38)42-31(3,4)5;;;;;;/h15-25H,6-14H2,1-5H3;6*1H4. The van der Waals surface area contributed by atoms with Crippen LogP contribution in [0.5, 0.6) is 0 Å². The maximum absolute atomic E-state index is 14.4. The maximum atomic E-state index is 14.4. The van der Waals surface area contributed by atoms with Gasteiger partial charge in [-0.25, -0.2) is 0 Å². The summed E-state index contributed by atoms with van der Waals surface area (Å²) in [7, 11) is 0. The first-order valence-electron chi connectivity index (χ1n) is 16.1. The van der Waals surface area contributed by atoms with Crippen molar-refractivity contribution >= 4 is 29.8 Å². The van der Waals surface area contributed by atoms with Gasteiger partial charge in [0.1, 0.15) is 11.2 Å². The summed E-state index contributed by atoms with van der Waals surface area (Å²) in [6.45, 7) is 9.85. The average Bonchev–Trinajstić information content (AvgIpc) is 3.58. The first-order valence-corrected chi connectivity index (χ1v) is 16.1. The Hall–Kier alpha value is -2.45. The number of esters is 5. The van der Waals surface area contributed by atoms with Crippen LogP contribution in [0.4, 0.5) is 0 Å². The van der Waals surface area contributed by atoms with Crippen molar-refractivity contribution in [2.24, 2.45) is 70.5 Å². The molecule has 0 aromatic heterocycles. The van der Waals surface area contributed by atoms with Crippen LogP contribution < -0.4 is 0 Å². The summed E-state index contributed by atoms with van der Waals surface area (Å²) in [5.41, 5.74) is -2.04. The minimum atomic E-state index is -0.901. The Morgan fingerprint density at radius 1 is 0.833 bits per heavy atom. The van der Waals surface area contributed by atoms with Gasteiger partial charge in [-0.05, 0) is 101 Å². The van der Waals surface area contributed by atoms with E-state index in [4.69, 9.17) is 18.9 Å². The molecule has 8 aliphatic rings. The Balaban J connectivity index is 0.00000192. The predicted molar refractivity (Wildman–Crippen MR) is 186 cm³/mol. The Morgan fingerprint density at radius 2 is 1.44 bits per heavy atom. The molecule has 11 atom stereocenters. The largest absolute Gasteiger partial charge is 0.465 e. The van der Waals surface area contributed by atoms with Crippen molar-refractivity contribution in [3.05, 3.63) is 0 Å². The average molecular weight is 681 g/mol. The van der Waals surface area contributed by atoms with Gasteiger partial charge >= 0.3 is 29.8 Å². The molecule has 278 valence electrons. The summed E-state index contributed by atoms with van der Waals surface area (Å²) < 4.78 is 22.9. The van der Waals surface area contributed by atoms with Gasteiger partial charge in [0.05, 0.1) is 35.7 Å². The minimum absolute atomic E-state index is 0. The number of cyclic esters (lactones) is 3. The predicted octanol–water partition coefficient (Wildman–Crippen LogP) is 8.06. The molecule has 0 aromatic rings. The van der Waals surface area contributed by atoms with Crippen molar-refractivity contribution in [2.75, 3.05) is 6.61 Å². The van der Waals surface area contributed by atoms with E-state index in [0.717, 1.165) is 25.7 Å². The smallest absolute Gasteiger partial charge is 0.318 e. The molecule has 11 unspecified atom stereocenters. The molecule has 2 heterocycles. The minimum Gasteiger partial charge on any atom is -0.465 e. The highest BCUT2D eigenvalue weighted by molar-refractivity contribution is 5.98. The monoisotopic (exact) mass is 680 g/mol. The molecule has 0 radical (unpaired) electrons. The van der Waals surface area contributed by atoms with Gasteiger partial charge in [0.2, 0.25) is 0 Å². The van der Waals surface area contributed by atoms with Gasteiger partial charge < -0.3 is 18.9 Å². The molecule has 6 aliphatic carbocycles. The molecular weight excluding hydrogens is 612 g/mol. The lowest BCUT2D eigenvalue weighted by Gasteiger charge is -2.60. The van der Waals surface area contributed by atoms with E-state index in [2.05, 4.69) is 6.92 Å². The zero-order chi connectivity index (χ0) is 29.9. The number of hydrogen-bond donors (Lipinski definition) is 0. The van der Waals surface area contributed by atoms with Crippen LogP contribution in [0.25, 0.3) is 0 Å². The number of fused-ring (bicyclic) bond motifs is 5. The fraction of sp³-hybridized carbons (Fsp3) is 0.872. The van der Waals surface area contributed by atoms with Gasteiger partial charge in [0, 0.05) is 12.3 Å². The molecule has 48 heavy (non-hydrogen) atoms. The van der Waals surface area contributed by atoms with Crippen molar-refractivity contribution < 1.29 is 42.9 Å². The first kappa shape index (κ1) is 43.6. The topological polar surface area (TPSA) is 122 Å². The van der Waals surface area contributed by atoms with Gasteiger partial charge in [-0.2, -0.15) is 0 Å². The second-order valence-electron chi connectivity index (χ2n) is 16.2. The number of hydrogen-bond acceptors (Lipinski definition) is 9. The Kier molecular flexibility index (Phi) is 13.1. The fourth-order valence-corrected chi connectivity index (χ4v) is 11.2. The summed E-state index contributed by atoms with van der Waals surface area (Å²) >= 11 is 0. The number of carbonyl (C=O) groups excluding carboxylic acids is 5. The molecule has 9 heteroatoms. The molecule has 8 fully saturated rings. The van der Waals surface area contributed by atoms with Crippen molar-refractivity contribution in [1.82, 2.24) is 0 Å². The SMILES string of the molecule is C.C.C.C.C.C.CC1C(=O)OC(=O)C1C(CC1C(C)C2CC1C1COC(=O)C21)C(=O)OC12CC3CC(C1)CC(C(=O)OC(C)(C)C)(C3)C2. The van der Waals surface area contributed by atoms with Crippen LogP contribution in [0.1, 0.15) is 131 Å². The molecule has 0 N–H and O–H groups in total. The summed E-state index contributed by atoms with van der Waals surface area (Å²) in [4.78, 5) is 65.9. The van der Waals surface area contributed by atoms with E-state index in [1.165, 1.54) is 0 Å². The van der Waals surface area contributed by atoms with Crippen LogP contribution in [0.15, 0.2) is 0 Å². The summed E-state index contributed by atoms with van der Waals surface area (Å²) in [5, 5.41) is 0. The second kappa shape index (κ2) is 14.4. The van der Waals surface area contributed by atoms with Crippen LogP contribution in [0.2, 0.25) is 0 Å². The molecule has 8 rings (SSSR count). The Labute approximate surface area is 291 Å². The Bertz CT molecular complexity index is 1220.